The van der Waals surface area contributed by atoms with Gasteiger partial charge in [-0.05, 0) is 43.5 Å². The smallest absolute Gasteiger partial charge is 0.246 e. The van der Waals surface area contributed by atoms with Crippen molar-refractivity contribution in [3.63, 3.8) is 0 Å². The second-order valence-corrected chi connectivity index (χ2v) is 5.72. The van der Waals surface area contributed by atoms with Crippen LogP contribution >= 0.6 is 0 Å². The molecule has 0 atom stereocenters. The molecule has 130 valence electrons. The summed E-state index contributed by atoms with van der Waals surface area (Å²) >= 11 is 0. The Morgan fingerprint density at radius 3 is 2.67 bits per heavy atom. The highest BCUT2D eigenvalue weighted by Crippen LogP contribution is 2.20. The van der Waals surface area contributed by atoms with E-state index in [-0.39, 0.29) is 23.5 Å². The van der Waals surface area contributed by atoms with Crippen LogP contribution in [0.15, 0.2) is 24.3 Å². The average Bonchev–Trinajstić information content (AvgIpc) is 2.60. The van der Waals surface area contributed by atoms with Crippen molar-refractivity contribution in [1.29, 1.82) is 0 Å². The van der Waals surface area contributed by atoms with Crippen LogP contribution in [0.4, 0.5) is 4.39 Å². The molecule has 1 aromatic carbocycles. The van der Waals surface area contributed by atoms with Crippen LogP contribution in [0.5, 0.6) is 5.75 Å². The lowest BCUT2D eigenvalue weighted by atomic mass is 9.96. The maximum atomic E-state index is 13.6. The van der Waals surface area contributed by atoms with Gasteiger partial charge in [-0.15, -0.1) is 0 Å². The zero-order valence-electron chi connectivity index (χ0n) is 14.0. The van der Waals surface area contributed by atoms with Gasteiger partial charge in [-0.2, -0.15) is 0 Å². The molecule has 1 N–H and O–H groups in total. The molecular formula is C18H23FN2O3. The molecule has 0 saturated carbocycles. The van der Waals surface area contributed by atoms with Crippen LogP contribution in [0.25, 0.3) is 6.08 Å². The zero-order chi connectivity index (χ0) is 17.5. The summed E-state index contributed by atoms with van der Waals surface area (Å²) in [5.41, 5.74) is 0.596. The third-order valence-electron chi connectivity index (χ3n) is 4.12. The molecule has 1 aliphatic heterocycles. The van der Waals surface area contributed by atoms with Crippen LogP contribution in [-0.2, 0) is 9.59 Å². The van der Waals surface area contributed by atoms with Gasteiger partial charge in [0.05, 0.1) is 7.11 Å². The number of rotatable bonds is 5. The van der Waals surface area contributed by atoms with E-state index in [1.54, 1.807) is 17.0 Å². The van der Waals surface area contributed by atoms with Crippen molar-refractivity contribution in [3.05, 3.63) is 35.7 Å². The molecule has 0 spiro atoms. The summed E-state index contributed by atoms with van der Waals surface area (Å²) in [6.07, 6.45) is 4.36. The molecule has 2 rings (SSSR count). The molecule has 0 bridgehead atoms. The first-order valence-electron chi connectivity index (χ1n) is 8.13. The van der Waals surface area contributed by atoms with Gasteiger partial charge >= 0.3 is 0 Å². The molecular weight excluding hydrogens is 311 g/mol. The number of hydrogen-bond acceptors (Lipinski definition) is 3. The zero-order valence-corrected chi connectivity index (χ0v) is 14.0. The van der Waals surface area contributed by atoms with Crippen molar-refractivity contribution in [3.8, 4) is 5.75 Å². The van der Waals surface area contributed by atoms with Gasteiger partial charge in [0.15, 0.2) is 11.6 Å². The Bertz CT molecular complexity index is 623. The van der Waals surface area contributed by atoms with Gasteiger partial charge in [0.25, 0.3) is 0 Å². The Kier molecular flexibility index (Phi) is 6.35. The van der Waals surface area contributed by atoms with Crippen molar-refractivity contribution >= 4 is 17.9 Å². The molecule has 1 aromatic rings. The topological polar surface area (TPSA) is 58.6 Å². The number of carbonyl (C=O) groups excluding carboxylic acids is 2. The normalized spacial score (nSPS) is 15.5. The summed E-state index contributed by atoms with van der Waals surface area (Å²) in [4.78, 5) is 25.7. The van der Waals surface area contributed by atoms with Crippen molar-refractivity contribution in [2.45, 2.75) is 19.8 Å². The van der Waals surface area contributed by atoms with Gasteiger partial charge in [-0.25, -0.2) is 4.39 Å². The highest BCUT2D eigenvalue weighted by Gasteiger charge is 2.26. The van der Waals surface area contributed by atoms with E-state index >= 15 is 0 Å². The first kappa shape index (κ1) is 18.0. The van der Waals surface area contributed by atoms with E-state index in [2.05, 4.69) is 5.32 Å². The van der Waals surface area contributed by atoms with Gasteiger partial charge in [0.1, 0.15) is 0 Å². The number of nitrogens with zero attached hydrogens (tertiary/aromatic N) is 1. The first-order chi connectivity index (χ1) is 11.5. The molecule has 1 fully saturated rings. The average molecular weight is 334 g/mol. The summed E-state index contributed by atoms with van der Waals surface area (Å²) in [5.74, 6) is -0.371. The number of nitrogens with one attached hydrogen (secondary N) is 1. The minimum absolute atomic E-state index is 0.0198. The third-order valence-corrected chi connectivity index (χ3v) is 4.12. The number of amides is 2. The van der Waals surface area contributed by atoms with Gasteiger partial charge in [-0.1, -0.05) is 6.07 Å². The molecule has 0 aromatic heterocycles. The molecule has 24 heavy (non-hydrogen) atoms. The number of likely N-dealkylation sites (tertiary alicyclic amines) is 1. The first-order valence-corrected chi connectivity index (χ1v) is 8.13. The number of benzene rings is 1. The summed E-state index contributed by atoms with van der Waals surface area (Å²) in [6.45, 7) is 3.63. The minimum Gasteiger partial charge on any atom is -0.494 e. The third kappa shape index (κ3) is 4.57. The van der Waals surface area contributed by atoms with Crippen LogP contribution in [0.3, 0.4) is 0 Å². The highest BCUT2D eigenvalue weighted by atomic mass is 19.1. The molecule has 5 nitrogen and oxygen atoms in total. The second-order valence-electron chi connectivity index (χ2n) is 5.72. The Morgan fingerprint density at radius 2 is 2.08 bits per heavy atom. The van der Waals surface area contributed by atoms with E-state index in [4.69, 9.17) is 4.74 Å². The van der Waals surface area contributed by atoms with E-state index in [1.807, 2.05) is 6.92 Å². The van der Waals surface area contributed by atoms with Crippen LogP contribution in [0.2, 0.25) is 0 Å². The molecule has 6 heteroatoms. The fourth-order valence-corrected chi connectivity index (χ4v) is 2.74. The van der Waals surface area contributed by atoms with E-state index in [0.717, 1.165) is 0 Å². The van der Waals surface area contributed by atoms with E-state index in [0.29, 0.717) is 38.0 Å². The number of methoxy groups -OCH3 is 1. The summed E-state index contributed by atoms with van der Waals surface area (Å²) in [5, 5.41) is 2.82. The van der Waals surface area contributed by atoms with Crippen molar-refractivity contribution in [2.75, 3.05) is 26.7 Å². The second kappa shape index (κ2) is 8.47. The number of hydrogen-bond donors (Lipinski definition) is 1. The fourth-order valence-electron chi connectivity index (χ4n) is 2.74. The largest absolute Gasteiger partial charge is 0.494 e. The van der Waals surface area contributed by atoms with Crippen molar-refractivity contribution in [1.82, 2.24) is 10.2 Å². The Hall–Kier alpha value is -2.37. The van der Waals surface area contributed by atoms with Crippen molar-refractivity contribution < 1.29 is 18.7 Å². The van der Waals surface area contributed by atoms with Gasteiger partial charge in [0.2, 0.25) is 11.8 Å². The summed E-state index contributed by atoms with van der Waals surface area (Å²) in [7, 11) is 1.40. The monoisotopic (exact) mass is 334 g/mol. The summed E-state index contributed by atoms with van der Waals surface area (Å²) < 4.78 is 18.5. The number of carbonyl (C=O) groups is 2. The molecule has 1 heterocycles. The SMILES string of the molecule is CCNC(=O)C1CCN(C(=O)C=Cc2ccc(OC)c(F)c2)CC1. The predicted molar refractivity (Wildman–Crippen MR) is 90.0 cm³/mol. The molecule has 0 radical (unpaired) electrons. The van der Waals surface area contributed by atoms with Crippen LogP contribution in [-0.4, -0.2) is 43.5 Å². The molecule has 1 aliphatic rings. The molecule has 2 amide bonds. The number of ether oxygens (including phenoxy) is 1. The van der Waals surface area contributed by atoms with Crippen molar-refractivity contribution in [2.24, 2.45) is 5.92 Å². The van der Waals surface area contributed by atoms with E-state index < -0.39 is 5.82 Å². The van der Waals surface area contributed by atoms with Crippen LogP contribution < -0.4 is 10.1 Å². The molecule has 0 unspecified atom stereocenters. The lowest BCUT2D eigenvalue weighted by Gasteiger charge is -2.30. The van der Waals surface area contributed by atoms with E-state index in [1.165, 1.54) is 25.3 Å². The predicted octanol–water partition coefficient (Wildman–Crippen LogP) is 2.22. The maximum absolute atomic E-state index is 13.6. The lowest BCUT2D eigenvalue weighted by Crippen LogP contribution is -2.42. The summed E-state index contributed by atoms with van der Waals surface area (Å²) in [6, 6.07) is 4.54. The Balaban J connectivity index is 1.89. The number of halogens is 1. The Labute approximate surface area is 141 Å². The quantitative estimate of drug-likeness (QED) is 0.840. The minimum atomic E-state index is -0.463. The molecule has 0 aliphatic carbocycles. The fraction of sp³-hybridized carbons (Fsp3) is 0.444. The van der Waals surface area contributed by atoms with E-state index in [9.17, 15) is 14.0 Å². The lowest BCUT2D eigenvalue weighted by molar-refractivity contribution is -0.132. The maximum Gasteiger partial charge on any atom is 0.246 e. The van der Waals surface area contributed by atoms with Gasteiger partial charge < -0.3 is 15.0 Å². The van der Waals surface area contributed by atoms with Crippen LogP contribution in [0, 0.1) is 11.7 Å². The molecule has 1 saturated heterocycles. The van der Waals surface area contributed by atoms with Crippen LogP contribution in [0.1, 0.15) is 25.3 Å². The standard InChI is InChI=1S/C18H23FN2O3/c1-3-20-18(23)14-8-10-21(11-9-14)17(22)7-5-13-4-6-16(24-2)15(19)12-13/h4-7,12,14H,3,8-11H2,1-2H3,(H,20,23). The van der Waals surface area contributed by atoms with Gasteiger partial charge in [0, 0.05) is 31.6 Å². The van der Waals surface area contributed by atoms with Gasteiger partial charge in [-0.3, -0.25) is 9.59 Å². The Morgan fingerprint density at radius 1 is 1.38 bits per heavy atom. The number of piperidine rings is 1. The highest BCUT2D eigenvalue weighted by molar-refractivity contribution is 5.92.